The minimum absolute atomic E-state index is 0.0852. The van der Waals surface area contributed by atoms with Gasteiger partial charge in [-0.3, -0.25) is 14.5 Å². The molecule has 3 aromatic rings. The fraction of sp³-hybridized carbons (Fsp3) is 0.457. The Hall–Kier alpha value is -3.76. The second kappa shape index (κ2) is 14.1. The van der Waals surface area contributed by atoms with Crippen LogP contribution in [0.3, 0.4) is 0 Å². The number of hydrogen-bond acceptors (Lipinski definition) is 6. The topological polar surface area (TPSA) is 108 Å². The van der Waals surface area contributed by atoms with Gasteiger partial charge in [0.05, 0.1) is 29.7 Å². The molecule has 0 saturated heterocycles. The summed E-state index contributed by atoms with van der Waals surface area (Å²) in [6.45, 7) is 6.42. The van der Waals surface area contributed by atoms with Crippen LogP contribution in [0, 0.1) is 13.8 Å². The molecule has 2 aliphatic heterocycles. The number of nitrogens with one attached hydrogen (secondary N) is 1. The van der Waals surface area contributed by atoms with E-state index >= 15 is 0 Å². The van der Waals surface area contributed by atoms with Gasteiger partial charge in [-0.25, -0.2) is 13.1 Å². The van der Waals surface area contributed by atoms with Gasteiger partial charge >= 0.3 is 0 Å². The predicted molar refractivity (Wildman–Crippen MR) is 180 cm³/mol. The summed E-state index contributed by atoms with van der Waals surface area (Å²) in [5.74, 6) is 0.165. The number of hydrazone groups is 1. The molecule has 2 amide bonds. The Labute approximate surface area is 266 Å². The van der Waals surface area contributed by atoms with E-state index in [4.69, 9.17) is 4.74 Å². The maximum atomic E-state index is 13.7. The molecule has 5 rings (SSSR count). The second-order valence-electron chi connectivity index (χ2n) is 12.1. The highest BCUT2D eigenvalue weighted by molar-refractivity contribution is 7.89. The number of anilines is 2. The summed E-state index contributed by atoms with van der Waals surface area (Å²) >= 11 is 0. The zero-order valence-corrected chi connectivity index (χ0v) is 27.6. The molecular formula is C35H44N4O5S. The Balaban J connectivity index is 1.31. The van der Waals surface area contributed by atoms with Crippen molar-refractivity contribution in [3.8, 4) is 5.75 Å². The molecule has 0 saturated carbocycles. The minimum atomic E-state index is -3.81. The molecule has 2 aliphatic rings. The van der Waals surface area contributed by atoms with Crippen molar-refractivity contribution in [2.24, 2.45) is 5.10 Å². The molecule has 1 N–H and O–H groups in total. The average molecular weight is 633 g/mol. The molecule has 0 atom stereocenters. The van der Waals surface area contributed by atoms with E-state index in [-0.39, 0.29) is 29.0 Å². The first-order valence-corrected chi connectivity index (χ1v) is 17.6. The van der Waals surface area contributed by atoms with Crippen molar-refractivity contribution in [2.75, 3.05) is 23.6 Å². The number of amides is 2. The summed E-state index contributed by atoms with van der Waals surface area (Å²) in [6.07, 6.45) is 11.7. The van der Waals surface area contributed by atoms with Gasteiger partial charge in [-0.05, 0) is 55.7 Å². The molecule has 240 valence electrons. The number of rotatable bonds is 15. The van der Waals surface area contributed by atoms with Crippen LogP contribution in [0.1, 0.15) is 99.0 Å². The number of nitrogens with zero attached hydrogens (tertiary/aromatic N) is 3. The van der Waals surface area contributed by atoms with Gasteiger partial charge in [-0.2, -0.15) is 10.1 Å². The highest BCUT2D eigenvalue weighted by atomic mass is 32.2. The van der Waals surface area contributed by atoms with Crippen molar-refractivity contribution in [3.63, 3.8) is 0 Å². The van der Waals surface area contributed by atoms with Crippen LogP contribution in [0.5, 0.6) is 5.75 Å². The molecular weight excluding hydrogens is 588 g/mol. The first-order chi connectivity index (χ1) is 21.7. The molecule has 0 bridgehead atoms. The fourth-order valence-electron chi connectivity index (χ4n) is 6.41. The zero-order chi connectivity index (χ0) is 32.1. The number of benzene rings is 3. The average Bonchev–Trinajstić information content (AvgIpc) is 3.52. The van der Waals surface area contributed by atoms with Crippen LogP contribution in [0.2, 0.25) is 0 Å². The molecule has 45 heavy (non-hydrogen) atoms. The molecule has 0 aliphatic carbocycles. The predicted octanol–water partition coefficient (Wildman–Crippen LogP) is 7.38. The first-order valence-electron chi connectivity index (χ1n) is 16.1. The van der Waals surface area contributed by atoms with Gasteiger partial charge < -0.3 is 4.74 Å². The van der Waals surface area contributed by atoms with E-state index in [1.165, 1.54) is 60.9 Å². The summed E-state index contributed by atoms with van der Waals surface area (Å²) in [5.41, 5.74) is 3.24. The normalized spacial score (nSPS) is 14.6. The summed E-state index contributed by atoms with van der Waals surface area (Å²) in [5, 5.41) is 6.91. The van der Waals surface area contributed by atoms with Crippen molar-refractivity contribution in [3.05, 3.63) is 59.2 Å². The van der Waals surface area contributed by atoms with E-state index in [1.807, 2.05) is 26.0 Å². The van der Waals surface area contributed by atoms with Crippen molar-refractivity contribution in [1.29, 1.82) is 0 Å². The lowest BCUT2D eigenvalue weighted by molar-refractivity contribution is -0.116. The quantitative estimate of drug-likeness (QED) is 0.176. The maximum Gasteiger partial charge on any atom is 0.264 e. The Morgan fingerprint density at radius 2 is 1.60 bits per heavy atom. The third-order valence-corrected chi connectivity index (χ3v) is 10.1. The van der Waals surface area contributed by atoms with Crippen molar-refractivity contribution in [1.82, 2.24) is 4.72 Å². The van der Waals surface area contributed by atoms with Crippen LogP contribution in [0.15, 0.2) is 52.5 Å². The Morgan fingerprint density at radius 3 is 2.29 bits per heavy atom. The van der Waals surface area contributed by atoms with Gasteiger partial charge in [0.25, 0.3) is 11.8 Å². The number of sulfonamides is 1. The molecule has 0 fully saturated rings. The van der Waals surface area contributed by atoms with Gasteiger partial charge in [0.2, 0.25) is 10.0 Å². The van der Waals surface area contributed by atoms with E-state index < -0.39 is 10.0 Å². The maximum absolute atomic E-state index is 13.7. The molecule has 3 aromatic carbocycles. The number of methoxy groups -OCH3 is 1. The molecule has 9 nitrogen and oxygen atoms in total. The van der Waals surface area contributed by atoms with Gasteiger partial charge in [0.15, 0.2) is 0 Å². The fourth-order valence-corrected chi connectivity index (χ4v) is 7.68. The van der Waals surface area contributed by atoms with Crippen LogP contribution in [-0.2, 0) is 14.8 Å². The van der Waals surface area contributed by atoms with Gasteiger partial charge in [0.1, 0.15) is 17.3 Å². The number of carbonyl (C=O) groups is 2. The smallest absolute Gasteiger partial charge is 0.264 e. The van der Waals surface area contributed by atoms with Crippen LogP contribution >= 0.6 is 0 Å². The Morgan fingerprint density at radius 1 is 0.911 bits per heavy atom. The summed E-state index contributed by atoms with van der Waals surface area (Å²) in [4.78, 5) is 28.5. The second-order valence-corrected chi connectivity index (χ2v) is 13.8. The lowest BCUT2D eigenvalue weighted by Crippen LogP contribution is -2.33. The molecule has 10 heteroatoms. The largest absolute Gasteiger partial charge is 0.494 e. The number of aryl methyl sites for hydroxylation is 2. The van der Waals surface area contributed by atoms with Crippen LogP contribution in [0.4, 0.5) is 11.4 Å². The van der Waals surface area contributed by atoms with Crippen molar-refractivity contribution in [2.45, 2.75) is 96.3 Å². The van der Waals surface area contributed by atoms with Crippen LogP contribution in [0.25, 0.3) is 10.8 Å². The Kier molecular flexibility index (Phi) is 10.2. The van der Waals surface area contributed by atoms with Crippen LogP contribution < -0.4 is 19.4 Å². The molecule has 2 heterocycles. The third kappa shape index (κ3) is 6.77. The highest BCUT2D eigenvalue weighted by Gasteiger charge is 2.40. The van der Waals surface area contributed by atoms with Gasteiger partial charge in [-0.1, -0.05) is 82.9 Å². The summed E-state index contributed by atoms with van der Waals surface area (Å²) in [6, 6.07) is 12.1. The first kappa shape index (κ1) is 32.6. The summed E-state index contributed by atoms with van der Waals surface area (Å²) < 4.78 is 35.2. The monoisotopic (exact) mass is 632 g/mol. The van der Waals surface area contributed by atoms with Gasteiger partial charge in [0, 0.05) is 17.3 Å². The van der Waals surface area contributed by atoms with Gasteiger partial charge in [-0.15, -0.1) is 0 Å². The highest BCUT2D eigenvalue weighted by Crippen LogP contribution is 2.42. The SMILES string of the molecule is CCCCCCCCCCCCNS(=O)(=O)c1ccc2c3c(cccc13)C(=O)N2C1=NN(c2c(C)cc(C)cc2OC)C(=O)C1. The van der Waals surface area contributed by atoms with E-state index in [9.17, 15) is 18.0 Å². The van der Waals surface area contributed by atoms with E-state index in [0.717, 1.165) is 30.4 Å². The number of unbranched alkanes of at least 4 members (excludes halogenated alkanes) is 9. The molecule has 0 unspecified atom stereocenters. The standard InChI is InChI=1S/C35H44N4O5S/c1-5-6-7-8-9-10-11-12-13-14-20-36-45(42,43)30-19-18-28-33-26(30)16-15-17-27(33)35(41)38(28)31-23-32(40)39(37-31)34-25(3)21-24(2)22-29(34)44-4/h15-19,21-22,36H,5-14,20,23H2,1-4H3. The molecule has 0 spiro atoms. The third-order valence-electron chi connectivity index (χ3n) is 8.63. The zero-order valence-electron chi connectivity index (χ0n) is 26.8. The lowest BCUT2D eigenvalue weighted by atomic mass is 10.1. The number of amidine groups is 1. The van der Waals surface area contributed by atoms with Crippen molar-refractivity contribution >= 4 is 49.8 Å². The van der Waals surface area contributed by atoms with E-state index in [2.05, 4.69) is 16.7 Å². The van der Waals surface area contributed by atoms with E-state index in [0.29, 0.717) is 40.0 Å². The van der Waals surface area contributed by atoms with E-state index in [1.54, 1.807) is 31.4 Å². The van der Waals surface area contributed by atoms with Crippen molar-refractivity contribution < 1.29 is 22.7 Å². The number of ether oxygens (including phenoxy) is 1. The number of carbonyl (C=O) groups excluding carboxylic acids is 2. The summed E-state index contributed by atoms with van der Waals surface area (Å²) in [7, 11) is -2.27. The molecule has 0 aromatic heterocycles. The number of hydrogen-bond donors (Lipinski definition) is 1. The van der Waals surface area contributed by atoms with Crippen LogP contribution in [-0.4, -0.2) is 39.7 Å². The Bertz CT molecular complexity index is 1730. The molecule has 0 radical (unpaired) electrons. The minimum Gasteiger partial charge on any atom is -0.494 e. The lowest BCUT2D eigenvalue weighted by Gasteiger charge is -2.19.